The summed E-state index contributed by atoms with van der Waals surface area (Å²) in [6, 6.07) is 12.4. The van der Waals surface area contributed by atoms with Crippen LogP contribution in [-0.2, 0) is 24.2 Å². The van der Waals surface area contributed by atoms with Gasteiger partial charge in [-0.15, -0.1) is 11.3 Å². The molecule has 0 radical (unpaired) electrons. The maximum atomic E-state index is 13.2. The highest BCUT2D eigenvalue weighted by Gasteiger charge is 2.33. The van der Waals surface area contributed by atoms with E-state index in [2.05, 4.69) is 31.2 Å². The first kappa shape index (κ1) is 17.2. The Bertz CT molecular complexity index is 680. The molecule has 1 heterocycles. The van der Waals surface area contributed by atoms with Crippen LogP contribution in [-0.4, -0.2) is 28.6 Å². The van der Waals surface area contributed by atoms with E-state index in [4.69, 9.17) is 0 Å². The van der Waals surface area contributed by atoms with Gasteiger partial charge in [0, 0.05) is 15.7 Å². The molecule has 24 heavy (non-hydrogen) atoms. The first-order chi connectivity index (χ1) is 11.6. The maximum Gasteiger partial charge on any atom is 0.227 e. The largest absolute Gasteiger partial charge is 0.394 e. The van der Waals surface area contributed by atoms with Crippen LogP contribution in [0.25, 0.3) is 0 Å². The zero-order chi connectivity index (χ0) is 17.1. The first-order valence-corrected chi connectivity index (χ1v) is 9.47. The lowest BCUT2D eigenvalue weighted by Gasteiger charge is -2.32. The van der Waals surface area contributed by atoms with Crippen molar-refractivity contribution in [3.63, 3.8) is 0 Å². The van der Waals surface area contributed by atoms with Gasteiger partial charge in [0.25, 0.3) is 0 Å². The highest BCUT2D eigenvalue weighted by Crippen LogP contribution is 2.29. The lowest BCUT2D eigenvalue weighted by atomic mass is 10.0. The Morgan fingerprint density at radius 3 is 2.42 bits per heavy atom. The van der Waals surface area contributed by atoms with E-state index in [1.54, 1.807) is 11.3 Å². The average molecular weight is 343 g/mol. The number of carbonyl (C=O) groups excluding carboxylic acids is 1. The van der Waals surface area contributed by atoms with Crippen LogP contribution in [0.5, 0.6) is 0 Å². The van der Waals surface area contributed by atoms with Crippen molar-refractivity contribution in [3.05, 3.63) is 57.3 Å². The van der Waals surface area contributed by atoms with Crippen LogP contribution in [0.3, 0.4) is 0 Å². The third-order valence-electron chi connectivity index (χ3n) is 4.93. The second kappa shape index (κ2) is 7.49. The van der Waals surface area contributed by atoms with Crippen molar-refractivity contribution in [2.24, 2.45) is 5.92 Å². The van der Waals surface area contributed by atoms with E-state index in [1.807, 2.05) is 24.0 Å². The molecule has 0 fully saturated rings. The topological polar surface area (TPSA) is 40.5 Å². The molecule has 1 aliphatic rings. The van der Waals surface area contributed by atoms with Gasteiger partial charge in [-0.05, 0) is 49.4 Å². The number of hydrogen-bond donors (Lipinski definition) is 1. The molecule has 1 aromatic heterocycles. The number of fused-ring (bicyclic) bond motifs is 1. The molecular formula is C20H25NO2S. The Labute approximate surface area is 147 Å². The van der Waals surface area contributed by atoms with E-state index in [0.29, 0.717) is 6.54 Å². The molecule has 4 heteroatoms. The molecule has 2 aromatic rings. The fourth-order valence-corrected chi connectivity index (χ4v) is 4.43. The molecular weight excluding hydrogens is 318 g/mol. The van der Waals surface area contributed by atoms with E-state index < -0.39 is 0 Å². The molecule has 0 unspecified atom stereocenters. The van der Waals surface area contributed by atoms with Gasteiger partial charge in [-0.2, -0.15) is 0 Å². The van der Waals surface area contributed by atoms with Crippen LogP contribution in [0.4, 0.5) is 0 Å². The number of nitrogens with zero attached hydrogens (tertiary/aromatic N) is 1. The summed E-state index contributed by atoms with van der Waals surface area (Å²) in [7, 11) is 0. The lowest BCUT2D eigenvalue weighted by Crippen LogP contribution is -2.44. The van der Waals surface area contributed by atoms with Gasteiger partial charge in [0.05, 0.1) is 19.2 Å². The van der Waals surface area contributed by atoms with Gasteiger partial charge >= 0.3 is 0 Å². The Kier molecular flexibility index (Phi) is 5.36. The van der Waals surface area contributed by atoms with E-state index in [0.717, 1.165) is 19.3 Å². The minimum Gasteiger partial charge on any atom is -0.394 e. The van der Waals surface area contributed by atoms with Gasteiger partial charge < -0.3 is 10.0 Å². The van der Waals surface area contributed by atoms with Crippen molar-refractivity contribution in [2.45, 2.75) is 45.7 Å². The Morgan fingerprint density at radius 2 is 1.92 bits per heavy atom. The number of thiophene rings is 1. The number of carbonyl (C=O) groups is 1. The van der Waals surface area contributed by atoms with Crippen molar-refractivity contribution in [1.29, 1.82) is 0 Å². The third kappa shape index (κ3) is 3.55. The van der Waals surface area contributed by atoms with Crippen LogP contribution in [0.2, 0.25) is 0 Å². The van der Waals surface area contributed by atoms with Crippen LogP contribution in [0, 0.1) is 12.8 Å². The number of hydrogen-bond acceptors (Lipinski definition) is 3. The van der Waals surface area contributed by atoms with Crippen LogP contribution in [0.15, 0.2) is 36.4 Å². The number of rotatable bonds is 6. The standard InChI is InChI=1S/C20H25NO2S/c1-3-18(13-22)21(12-19-9-8-14(2)24-19)20(23)17-10-15-6-4-5-7-16(15)11-17/h4-9,17-18,22H,3,10-13H2,1-2H3/t18-/m1/s1. The summed E-state index contributed by atoms with van der Waals surface area (Å²) in [6.45, 7) is 4.73. The summed E-state index contributed by atoms with van der Waals surface area (Å²) < 4.78 is 0. The smallest absolute Gasteiger partial charge is 0.227 e. The molecule has 1 aromatic carbocycles. The highest BCUT2D eigenvalue weighted by atomic mass is 32.1. The second-order valence-electron chi connectivity index (χ2n) is 6.60. The molecule has 0 saturated heterocycles. The zero-order valence-corrected chi connectivity index (χ0v) is 15.2. The summed E-state index contributed by atoms with van der Waals surface area (Å²) in [4.78, 5) is 17.5. The summed E-state index contributed by atoms with van der Waals surface area (Å²) in [5, 5.41) is 9.75. The summed E-state index contributed by atoms with van der Waals surface area (Å²) in [5.74, 6) is 0.183. The van der Waals surface area contributed by atoms with Crippen molar-refractivity contribution in [1.82, 2.24) is 4.90 Å². The molecule has 3 nitrogen and oxygen atoms in total. The third-order valence-corrected chi connectivity index (χ3v) is 5.91. The van der Waals surface area contributed by atoms with Crippen molar-refractivity contribution >= 4 is 17.2 Å². The Balaban J connectivity index is 1.79. The van der Waals surface area contributed by atoms with Gasteiger partial charge in [-0.3, -0.25) is 4.79 Å². The number of aryl methyl sites for hydroxylation is 1. The van der Waals surface area contributed by atoms with Gasteiger partial charge in [-0.25, -0.2) is 0 Å². The van der Waals surface area contributed by atoms with Crippen LogP contribution >= 0.6 is 11.3 Å². The van der Waals surface area contributed by atoms with Crippen LogP contribution < -0.4 is 0 Å². The Morgan fingerprint density at radius 1 is 1.25 bits per heavy atom. The predicted molar refractivity (Wildman–Crippen MR) is 98.1 cm³/mol. The molecule has 0 aliphatic heterocycles. The van der Waals surface area contributed by atoms with Gasteiger partial charge in [0.2, 0.25) is 5.91 Å². The normalized spacial score (nSPS) is 15.3. The molecule has 0 spiro atoms. The fourth-order valence-electron chi connectivity index (χ4n) is 3.54. The minimum atomic E-state index is -0.108. The van der Waals surface area contributed by atoms with Crippen molar-refractivity contribution in [2.75, 3.05) is 6.61 Å². The molecule has 0 bridgehead atoms. The lowest BCUT2D eigenvalue weighted by molar-refractivity contribution is -0.139. The second-order valence-corrected chi connectivity index (χ2v) is 7.97. The number of aliphatic hydroxyl groups is 1. The average Bonchev–Trinajstić information content (AvgIpc) is 3.20. The SMILES string of the molecule is CC[C@H](CO)N(Cc1ccc(C)s1)C(=O)C1Cc2ccccc2C1. The van der Waals surface area contributed by atoms with Gasteiger partial charge in [-0.1, -0.05) is 31.2 Å². The fraction of sp³-hybridized carbons (Fsp3) is 0.450. The molecule has 1 aliphatic carbocycles. The van der Waals surface area contributed by atoms with Crippen molar-refractivity contribution in [3.8, 4) is 0 Å². The van der Waals surface area contributed by atoms with E-state index in [1.165, 1.54) is 20.9 Å². The predicted octanol–water partition coefficient (Wildman–Crippen LogP) is 3.57. The molecule has 1 amide bonds. The molecule has 1 atom stereocenters. The van der Waals surface area contributed by atoms with E-state index in [-0.39, 0.29) is 24.5 Å². The first-order valence-electron chi connectivity index (χ1n) is 8.65. The minimum absolute atomic E-state index is 0.00376. The van der Waals surface area contributed by atoms with Crippen LogP contribution in [0.1, 0.15) is 34.2 Å². The van der Waals surface area contributed by atoms with E-state index in [9.17, 15) is 9.90 Å². The van der Waals surface area contributed by atoms with Gasteiger partial charge in [0.1, 0.15) is 0 Å². The highest BCUT2D eigenvalue weighted by molar-refractivity contribution is 7.11. The van der Waals surface area contributed by atoms with Crippen molar-refractivity contribution < 1.29 is 9.90 Å². The quantitative estimate of drug-likeness (QED) is 0.871. The number of benzene rings is 1. The molecule has 128 valence electrons. The van der Waals surface area contributed by atoms with Gasteiger partial charge in [0.15, 0.2) is 0 Å². The zero-order valence-electron chi connectivity index (χ0n) is 14.4. The molecule has 1 N–H and O–H groups in total. The number of aliphatic hydroxyl groups excluding tert-OH is 1. The number of amides is 1. The molecule has 0 saturated carbocycles. The summed E-state index contributed by atoms with van der Waals surface area (Å²) in [6.07, 6.45) is 2.40. The van der Waals surface area contributed by atoms with E-state index >= 15 is 0 Å². The maximum absolute atomic E-state index is 13.2. The Hall–Kier alpha value is -1.65. The monoisotopic (exact) mass is 343 g/mol. The summed E-state index contributed by atoms with van der Waals surface area (Å²) in [5.41, 5.74) is 2.58. The molecule has 3 rings (SSSR count). The summed E-state index contributed by atoms with van der Waals surface area (Å²) >= 11 is 1.73.